The Kier molecular flexibility index (Phi) is 3.13. The Balaban J connectivity index is 2.05. The molecule has 4 nitrogen and oxygen atoms in total. The van der Waals surface area contributed by atoms with Crippen LogP contribution in [0.4, 0.5) is 0 Å². The molecular weight excluding hydrogens is 260 g/mol. The predicted molar refractivity (Wildman–Crippen MR) is 73.5 cm³/mol. The van der Waals surface area contributed by atoms with Crippen LogP contribution >= 0.6 is 11.5 Å². The standard InChI is InChI=1S/C14H12N2O2S/c1-9-3-2-4-12-13(17)10(5-6-18-14(9)12)7-11-8-19-16-15-11/h2-4,7-8H,5-6H2,1H3. The Hall–Kier alpha value is -2.01. The summed E-state index contributed by atoms with van der Waals surface area (Å²) in [5.74, 6) is 0.719. The van der Waals surface area contributed by atoms with Gasteiger partial charge in [-0.2, -0.15) is 0 Å². The number of carbonyl (C=O) groups is 1. The molecule has 0 saturated carbocycles. The Morgan fingerprint density at radius 2 is 2.32 bits per heavy atom. The zero-order chi connectivity index (χ0) is 13.2. The third kappa shape index (κ3) is 2.29. The number of carbonyl (C=O) groups excluding carboxylic acids is 1. The third-order valence-electron chi connectivity index (χ3n) is 3.06. The molecule has 1 aliphatic rings. The SMILES string of the molecule is Cc1cccc2c1OCCC(=Cc1csnn1)C2=O. The summed E-state index contributed by atoms with van der Waals surface area (Å²) in [6, 6.07) is 5.64. The van der Waals surface area contributed by atoms with E-state index >= 15 is 0 Å². The summed E-state index contributed by atoms with van der Waals surface area (Å²) in [6.45, 7) is 2.46. The van der Waals surface area contributed by atoms with E-state index in [1.165, 1.54) is 11.5 Å². The Bertz CT molecular complexity index is 647. The van der Waals surface area contributed by atoms with Crippen molar-refractivity contribution in [3.05, 3.63) is 46.0 Å². The van der Waals surface area contributed by atoms with Crippen LogP contribution in [-0.2, 0) is 0 Å². The minimum atomic E-state index is 0.0178. The predicted octanol–water partition coefficient (Wildman–Crippen LogP) is 2.90. The van der Waals surface area contributed by atoms with Crippen LogP contribution in [0.5, 0.6) is 5.75 Å². The summed E-state index contributed by atoms with van der Waals surface area (Å²) in [4.78, 5) is 12.5. The van der Waals surface area contributed by atoms with Crippen LogP contribution in [0.2, 0.25) is 0 Å². The summed E-state index contributed by atoms with van der Waals surface area (Å²) < 4.78 is 9.50. The number of Topliss-reactive ketones (excluding diaryl/α,β-unsaturated/α-hetero) is 1. The van der Waals surface area contributed by atoms with Gasteiger partial charge in [-0.15, -0.1) is 5.10 Å². The number of ether oxygens (including phenoxy) is 1. The molecular formula is C14H12N2O2S. The topological polar surface area (TPSA) is 52.1 Å². The second kappa shape index (κ2) is 4.93. The molecule has 0 bridgehead atoms. The lowest BCUT2D eigenvalue weighted by Crippen LogP contribution is -2.02. The van der Waals surface area contributed by atoms with Gasteiger partial charge in [0.25, 0.3) is 0 Å². The van der Waals surface area contributed by atoms with E-state index in [9.17, 15) is 4.79 Å². The molecule has 0 amide bonds. The van der Waals surface area contributed by atoms with E-state index in [-0.39, 0.29) is 5.78 Å². The molecule has 0 saturated heterocycles. The van der Waals surface area contributed by atoms with Gasteiger partial charge in [-0.05, 0) is 36.2 Å². The van der Waals surface area contributed by atoms with Crippen molar-refractivity contribution in [2.24, 2.45) is 0 Å². The van der Waals surface area contributed by atoms with Crippen molar-refractivity contribution in [1.29, 1.82) is 0 Å². The van der Waals surface area contributed by atoms with Crippen LogP contribution in [0, 0.1) is 6.92 Å². The summed E-state index contributed by atoms with van der Waals surface area (Å²) in [5.41, 5.74) is 3.07. The first-order chi connectivity index (χ1) is 9.25. The van der Waals surface area contributed by atoms with Gasteiger partial charge in [0.2, 0.25) is 0 Å². The summed E-state index contributed by atoms with van der Waals surface area (Å²) in [5, 5.41) is 5.77. The molecule has 0 aliphatic carbocycles. The number of hydrogen-bond acceptors (Lipinski definition) is 5. The van der Waals surface area contributed by atoms with Gasteiger partial charge in [-0.1, -0.05) is 16.6 Å². The van der Waals surface area contributed by atoms with Gasteiger partial charge in [0.15, 0.2) is 5.78 Å². The molecule has 1 aliphatic heterocycles. The van der Waals surface area contributed by atoms with Crippen LogP contribution in [0.3, 0.4) is 0 Å². The lowest BCUT2D eigenvalue weighted by Gasteiger charge is -2.08. The molecule has 0 atom stereocenters. The van der Waals surface area contributed by atoms with Crippen LogP contribution < -0.4 is 4.74 Å². The highest BCUT2D eigenvalue weighted by atomic mass is 32.1. The summed E-state index contributed by atoms with van der Waals surface area (Å²) in [6.07, 6.45) is 2.39. The quantitative estimate of drug-likeness (QED) is 0.749. The fraction of sp³-hybridized carbons (Fsp3) is 0.214. The second-order valence-electron chi connectivity index (χ2n) is 4.38. The first-order valence-electron chi connectivity index (χ1n) is 6.00. The van der Waals surface area contributed by atoms with Crippen molar-refractivity contribution in [3.8, 4) is 5.75 Å². The van der Waals surface area contributed by atoms with Crippen molar-refractivity contribution in [1.82, 2.24) is 9.59 Å². The van der Waals surface area contributed by atoms with Crippen molar-refractivity contribution in [2.45, 2.75) is 13.3 Å². The monoisotopic (exact) mass is 272 g/mol. The zero-order valence-corrected chi connectivity index (χ0v) is 11.2. The van der Waals surface area contributed by atoms with E-state index in [1.54, 1.807) is 6.08 Å². The highest BCUT2D eigenvalue weighted by Crippen LogP contribution is 2.30. The molecule has 2 heterocycles. The van der Waals surface area contributed by atoms with Gasteiger partial charge in [0.05, 0.1) is 17.9 Å². The maximum absolute atomic E-state index is 12.5. The van der Waals surface area contributed by atoms with E-state index < -0.39 is 0 Å². The smallest absolute Gasteiger partial charge is 0.192 e. The minimum absolute atomic E-state index is 0.0178. The molecule has 19 heavy (non-hydrogen) atoms. The van der Waals surface area contributed by atoms with Crippen molar-refractivity contribution >= 4 is 23.4 Å². The number of benzene rings is 1. The largest absolute Gasteiger partial charge is 0.492 e. The van der Waals surface area contributed by atoms with E-state index in [0.717, 1.165) is 16.8 Å². The number of ketones is 1. The average Bonchev–Trinajstić information content (AvgIpc) is 2.85. The zero-order valence-electron chi connectivity index (χ0n) is 10.4. The number of aryl methyl sites for hydroxylation is 1. The van der Waals surface area contributed by atoms with E-state index in [0.29, 0.717) is 24.3 Å². The first-order valence-corrected chi connectivity index (χ1v) is 6.84. The number of rotatable bonds is 1. The first kappa shape index (κ1) is 12.0. The Morgan fingerprint density at radius 3 is 3.11 bits per heavy atom. The molecule has 0 N–H and O–H groups in total. The molecule has 96 valence electrons. The van der Waals surface area contributed by atoms with Crippen molar-refractivity contribution < 1.29 is 9.53 Å². The minimum Gasteiger partial charge on any atom is -0.492 e. The lowest BCUT2D eigenvalue weighted by atomic mass is 9.99. The molecule has 2 aromatic rings. The molecule has 0 unspecified atom stereocenters. The highest BCUT2D eigenvalue weighted by Gasteiger charge is 2.22. The average molecular weight is 272 g/mol. The Morgan fingerprint density at radius 1 is 1.42 bits per heavy atom. The number of hydrogen-bond donors (Lipinski definition) is 0. The normalized spacial score (nSPS) is 16.9. The van der Waals surface area contributed by atoms with Crippen molar-refractivity contribution in [3.63, 3.8) is 0 Å². The van der Waals surface area contributed by atoms with Crippen LogP contribution in [0.25, 0.3) is 6.08 Å². The lowest BCUT2D eigenvalue weighted by molar-refractivity contribution is 0.103. The highest BCUT2D eigenvalue weighted by molar-refractivity contribution is 7.03. The van der Waals surface area contributed by atoms with E-state index in [4.69, 9.17) is 4.74 Å². The molecule has 0 radical (unpaired) electrons. The Labute approximate surface area is 114 Å². The number of fused-ring (bicyclic) bond motifs is 1. The van der Waals surface area contributed by atoms with Gasteiger partial charge >= 0.3 is 0 Å². The molecule has 1 aromatic heterocycles. The third-order valence-corrected chi connectivity index (χ3v) is 3.59. The van der Waals surface area contributed by atoms with Crippen LogP contribution in [0.15, 0.2) is 29.2 Å². The number of nitrogens with zero attached hydrogens (tertiary/aromatic N) is 2. The molecule has 3 rings (SSSR count). The van der Waals surface area contributed by atoms with Gasteiger partial charge in [-0.25, -0.2) is 0 Å². The van der Waals surface area contributed by atoms with E-state index in [1.807, 2.05) is 30.5 Å². The van der Waals surface area contributed by atoms with Gasteiger partial charge in [-0.3, -0.25) is 4.79 Å². The second-order valence-corrected chi connectivity index (χ2v) is 4.99. The maximum Gasteiger partial charge on any atom is 0.192 e. The van der Waals surface area contributed by atoms with Gasteiger partial charge in [0, 0.05) is 17.4 Å². The number of aromatic nitrogens is 2. The fourth-order valence-electron chi connectivity index (χ4n) is 2.12. The van der Waals surface area contributed by atoms with E-state index in [2.05, 4.69) is 9.59 Å². The van der Waals surface area contributed by atoms with Crippen LogP contribution in [-0.4, -0.2) is 22.0 Å². The van der Waals surface area contributed by atoms with Gasteiger partial charge < -0.3 is 4.74 Å². The molecule has 0 spiro atoms. The fourth-order valence-corrected chi connectivity index (χ4v) is 2.54. The molecule has 0 fully saturated rings. The molecule has 5 heteroatoms. The summed E-state index contributed by atoms with van der Waals surface area (Å²) in [7, 11) is 0. The van der Waals surface area contributed by atoms with Gasteiger partial charge in [0.1, 0.15) is 5.75 Å². The van der Waals surface area contributed by atoms with Crippen molar-refractivity contribution in [2.75, 3.05) is 6.61 Å². The summed E-state index contributed by atoms with van der Waals surface area (Å²) >= 11 is 1.27. The molecule has 1 aromatic carbocycles. The van der Waals surface area contributed by atoms with Crippen LogP contribution in [0.1, 0.15) is 28.0 Å². The number of para-hydroxylation sites is 1. The maximum atomic E-state index is 12.5.